The van der Waals surface area contributed by atoms with Gasteiger partial charge in [-0.1, -0.05) is 0 Å². The summed E-state index contributed by atoms with van der Waals surface area (Å²) in [6.07, 6.45) is 0. The van der Waals surface area contributed by atoms with Crippen molar-refractivity contribution in [1.82, 2.24) is 0 Å². The summed E-state index contributed by atoms with van der Waals surface area (Å²) >= 11 is 0. The molecule has 0 saturated carbocycles. The number of hydrogen-bond acceptors (Lipinski definition) is 0. The van der Waals surface area contributed by atoms with Crippen LogP contribution in [0.5, 0.6) is 0 Å². The third-order valence-electron chi connectivity index (χ3n) is 0. The van der Waals surface area contributed by atoms with Gasteiger partial charge in [-0.05, 0) is 0 Å². The fourth-order valence-corrected chi connectivity index (χ4v) is 0. The van der Waals surface area contributed by atoms with E-state index in [0.29, 0.717) is 0 Å². The summed E-state index contributed by atoms with van der Waals surface area (Å²) in [7, 11) is 0. The predicted octanol–water partition coefficient (Wildman–Crippen LogP) is -1.84. The molecule has 0 rings (SSSR count). The van der Waals surface area contributed by atoms with Gasteiger partial charge in [0.15, 0.2) is 17.4 Å². The normalized spacial score (nSPS) is 0. The molecule has 0 aliphatic heterocycles. The zero-order chi connectivity index (χ0) is 0. The zero-order valence-corrected chi connectivity index (χ0v) is 4.42. The van der Waals surface area contributed by atoms with E-state index in [0.717, 1.165) is 0 Å². The van der Waals surface area contributed by atoms with E-state index in [1.165, 1.54) is 0 Å². The van der Waals surface area contributed by atoms with Crippen molar-refractivity contribution in [3.63, 3.8) is 0 Å². The van der Waals surface area contributed by atoms with Crippen molar-refractivity contribution in [3.8, 4) is 0 Å². The van der Waals surface area contributed by atoms with Gasteiger partial charge in [-0.25, -0.2) is 0 Å². The maximum Gasteiger partial charge on any atom is 0 e. The Bertz CT molecular complexity index is 8.00. The molecule has 20 valence electrons. The molecule has 0 aromatic carbocycles. The van der Waals surface area contributed by atoms with E-state index in [4.69, 9.17) is 0 Å². The maximum atomic E-state index is 0. The van der Waals surface area contributed by atoms with Gasteiger partial charge >= 0.3 is 18.9 Å². The number of rotatable bonds is 0. The largest absolute Gasteiger partial charge is 0 e. The summed E-state index contributed by atoms with van der Waals surface area (Å²) in [5.74, 6) is 0. The standard InChI is InChI=1S/Al.Fe.Li.Zr.4H. The van der Waals surface area contributed by atoms with Crippen molar-refractivity contribution in [2.24, 2.45) is 0 Å². The van der Waals surface area contributed by atoms with Gasteiger partial charge < -0.3 is 0 Å². The second kappa shape index (κ2) is 17.7. The number of hydrogen-bond donors (Lipinski definition) is 0. The van der Waals surface area contributed by atoms with Crippen molar-refractivity contribution in [2.45, 2.75) is 0 Å². The van der Waals surface area contributed by atoms with Crippen molar-refractivity contribution in [3.05, 3.63) is 0 Å². The third kappa shape index (κ3) is 8.82. The molecule has 0 saturated heterocycles. The summed E-state index contributed by atoms with van der Waals surface area (Å²) in [5.41, 5.74) is 0. The van der Waals surface area contributed by atoms with E-state index in [2.05, 4.69) is 0 Å². The SMILES string of the molecule is [AlH3].[Fe].[LiH].[Zr]. The van der Waals surface area contributed by atoms with Crippen LogP contribution in [0.4, 0.5) is 0 Å². The molecule has 4 heteroatoms. The van der Waals surface area contributed by atoms with Gasteiger partial charge in [0.1, 0.15) is 0 Å². The Balaban J connectivity index is 0. The molecule has 0 unspecified atom stereocenters. The summed E-state index contributed by atoms with van der Waals surface area (Å²) in [5, 5.41) is 0. The average Bonchev–Trinajstić information content (AvgIpc) is 0. The van der Waals surface area contributed by atoms with Crippen LogP contribution in [0, 0.1) is 0 Å². The van der Waals surface area contributed by atoms with Crippen LogP contribution in [0.2, 0.25) is 0 Å². The first kappa shape index (κ1) is 31.2. The molecule has 0 radical (unpaired) electrons. The second-order valence-electron chi connectivity index (χ2n) is 0. The Morgan fingerprint density at radius 1 is 1.00 bits per heavy atom. The van der Waals surface area contributed by atoms with E-state index in [1.54, 1.807) is 0 Å². The minimum Gasteiger partial charge on any atom is 0 e. The first-order valence-electron chi connectivity index (χ1n) is 0. The van der Waals surface area contributed by atoms with Gasteiger partial charge in [-0.15, -0.1) is 0 Å². The van der Waals surface area contributed by atoms with Crippen LogP contribution >= 0.6 is 0 Å². The summed E-state index contributed by atoms with van der Waals surface area (Å²) < 4.78 is 0. The summed E-state index contributed by atoms with van der Waals surface area (Å²) in [6.45, 7) is 0. The molecule has 0 aromatic rings. The Morgan fingerprint density at radius 3 is 1.00 bits per heavy atom. The topological polar surface area (TPSA) is 0 Å². The van der Waals surface area contributed by atoms with Crippen LogP contribution in [0.1, 0.15) is 0 Å². The van der Waals surface area contributed by atoms with E-state index in [1.807, 2.05) is 0 Å². The second-order valence-corrected chi connectivity index (χ2v) is 0. The molecule has 0 N–H and O–H groups in total. The van der Waals surface area contributed by atoms with Crippen molar-refractivity contribution >= 4 is 36.2 Å². The molecule has 0 amide bonds. The molecule has 0 spiro atoms. The van der Waals surface area contributed by atoms with Gasteiger partial charge in [-0.3, -0.25) is 0 Å². The minimum atomic E-state index is 0. The van der Waals surface area contributed by atoms with Crippen molar-refractivity contribution < 1.29 is 43.3 Å². The van der Waals surface area contributed by atoms with E-state index >= 15 is 0 Å². The third-order valence-corrected chi connectivity index (χ3v) is 0. The molecule has 0 aliphatic carbocycles. The molecule has 0 fully saturated rings. The van der Waals surface area contributed by atoms with Gasteiger partial charge in [-0.2, -0.15) is 0 Å². The summed E-state index contributed by atoms with van der Waals surface area (Å²) in [4.78, 5) is 0. The Labute approximate surface area is 78.4 Å². The fourth-order valence-electron chi connectivity index (χ4n) is 0. The average molecular weight is 185 g/mol. The minimum absolute atomic E-state index is 0. The van der Waals surface area contributed by atoms with E-state index in [-0.39, 0.29) is 79.5 Å². The molecular formula is H4AlFeLiZr. The van der Waals surface area contributed by atoms with Gasteiger partial charge in [0, 0.05) is 43.3 Å². The van der Waals surface area contributed by atoms with Crippen LogP contribution in [0.15, 0.2) is 0 Å². The Morgan fingerprint density at radius 2 is 1.00 bits per heavy atom. The Hall–Kier alpha value is 2.53. The van der Waals surface area contributed by atoms with E-state index < -0.39 is 0 Å². The molecule has 0 nitrogen and oxygen atoms in total. The molecule has 0 aliphatic rings. The molecule has 4 heavy (non-hydrogen) atoms. The van der Waals surface area contributed by atoms with Gasteiger partial charge in [0.25, 0.3) is 0 Å². The van der Waals surface area contributed by atoms with Crippen LogP contribution in [-0.4, -0.2) is 36.2 Å². The maximum absolute atomic E-state index is 0. The molecule has 0 bridgehead atoms. The predicted molar refractivity (Wildman–Crippen MR) is 17.1 cm³/mol. The summed E-state index contributed by atoms with van der Waals surface area (Å²) in [6, 6.07) is 0. The van der Waals surface area contributed by atoms with Crippen molar-refractivity contribution in [2.75, 3.05) is 0 Å². The molecular weight excluding hydrogens is 181 g/mol. The van der Waals surface area contributed by atoms with Crippen LogP contribution in [0.25, 0.3) is 0 Å². The van der Waals surface area contributed by atoms with Crippen LogP contribution in [0.3, 0.4) is 0 Å². The van der Waals surface area contributed by atoms with Crippen LogP contribution < -0.4 is 0 Å². The van der Waals surface area contributed by atoms with Crippen molar-refractivity contribution in [1.29, 1.82) is 0 Å². The first-order chi connectivity index (χ1) is 0. The fraction of sp³-hybridized carbons (Fsp3) is 0. The molecule has 0 heterocycles. The monoisotopic (exact) mass is 184 g/mol. The van der Waals surface area contributed by atoms with Gasteiger partial charge in [0.05, 0.1) is 0 Å². The first-order valence-corrected chi connectivity index (χ1v) is 0. The smallest absolute Gasteiger partial charge is 0 e. The molecule has 0 aromatic heterocycles. The van der Waals surface area contributed by atoms with Crippen LogP contribution in [-0.2, 0) is 43.3 Å². The Kier molecular flexibility index (Phi) is 138. The molecule has 0 atom stereocenters. The quantitative estimate of drug-likeness (QED) is 0.389. The zero-order valence-electron chi connectivity index (χ0n) is 0.854. The van der Waals surface area contributed by atoms with E-state index in [9.17, 15) is 0 Å². The van der Waals surface area contributed by atoms with Gasteiger partial charge in [0.2, 0.25) is 0 Å².